The van der Waals surface area contributed by atoms with Gasteiger partial charge in [0.15, 0.2) is 0 Å². The van der Waals surface area contributed by atoms with Crippen LogP contribution >= 0.6 is 0 Å². The fraction of sp³-hybridized carbons (Fsp3) is 0.941. The molecule has 0 radical (unpaired) electrons. The molecule has 0 aromatic rings. The first-order valence-corrected chi connectivity index (χ1v) is 8.66. The van der Waals surface area contributed by atoms with Crippen molar-refractivity contribution in [3.05, 3.63) is 0 Å². The molecule has 0 aromatic heterocycles. The van der Waals surface area contributed by atoms with E-state index in [1.165, 1.54) is 44.9 Å². The first kappa shape index (κ1) is 13.1. The van der Waals surface area contributed by atoms with Gasteiger partial charge in [-0.25, -0.2) is 0 Å². The van der Waals surface area contributed by atoms with Gasteiger partial charge in [-0.1, -0.05) is 6.92 Å². The molecule has 3 nitrogen and oxygen atoms in total. The number of carbonyl (C=O) groups is 1. The molecule has 0 aromatic carbocycles. The van der Waals surface area contributed by atoms with Crippen molar-refractivity contribution in [3.8, 4) is 0 Å². The molecule has 3 heteroatoms. The lowest BCUT2D eigenvalue weighted by atomic mass is 9.49. The average Bonchev–Trinajstić information content (AvgIpc) is 2.40. The van der Waals surface area contributed by atoms with Crippen molar-refractivity contribution >= 4 is 5.91 Å². The summed E-state index contributed by atoms with van der Waals surface area (Å²) in [4.78, 5) is 13.0. The zero-order valence-electron chi connectivity index (χ0n) is 12.7. The van der Waals surface area contributed by atoms with Crippen LogP contribution in [0.2, 0.25) is 0 Å². The third kappa shape index (κ3) is 2.09. The highest BCUT2D eigenvalue weighted by atomic mass is 16.2. The molecule has 2 N–H and O–H groups in total. The van der Waals surface area contributed by atoms with Gasteiger partial charge in [-0.15, -0.1) is 0 Å². The minimum atomic E-state index is 0.0198. The fourth-order valence-corrected chi connectivity index (χ4v) is 5.89. The summed E-state index contributed by atoms with van der Waals surface area (Å²) in [6.45, 7) is 4.34. The molecular weight excluding hydrogens is 248 g/mol. The van der Waals surface area contributed by atoms with Gasteiger partial charge >= 0.3 is 0 Å². The molecule has 4 saturated carbocycles. The Morgan fingerprint density at radius 1 is 1.10 bits per heavy atom. The topological polar surface area (TPSA) is 41.1 Å². The van der Waals surface area contributed by atoms with Gasteiger partial charge in [0.05, 0.1) is 0 Å². The summed E-state index contributed by atoms with van der Waals surface area (Å²) in [6, 6.07) is 0.351. The molecule has 5 fully saturated rings. The third-order valence-corrected chi connectivity index (χ3v) is 6.66. The van der Waals surface area contributed by atoms with Crippen LogP contribution in [0.4, 0.5) is 0 Å². The van der Waals surface area contributed by atoms with Crippen molar-refractivity contribution < 1.29 is 4.79 Å². The number of piperidine rings is 1. The van der Waals surface area contributed by atoms with Gasteiger partial charge in [0.1, 0.15) is 0 Å². The van der Waals surface area contributed by atoms with Crippen molar-refractivity contribution in [2.45, 2.75) is 57.9 Å². The molecule has 1 saturated heterocycles. The summed E-state index contributed by atoms with van der Waals surface area (Å²) in [7, 11) is 0. The van der Waals surface area contributed by atoms with Crippen LogP contribution in [0.15, 0.2) is 0 Å². The van der Waals surface area contributed by atoms with Gasteiger partial charge < -0.3 is 10.6 Å². The van der Waals surface area contributed by atoms with Gasteiger partial charge in [-0.2, -0.15) is 0 Å². The largest absolute Gasteiger partial charge is 0.351 e. The van der Waals surface area contributed by atoms with E-state index in [1.807, 2.05) is 0 Å². The molecule has 4 bridgehead atoms. The second kappa shape index (κ2) is 4.72. The van der Waals surface area contributed by atoms with Crippen LogP contribution in [0.25, 0.3) is 0 Å². The van der Waals surface area contributed by atoms with E-state index in [1.54, 1.807) is 0 Å². The zero-order chi connectivity index (χ0) is 13.7. The Morgan fingerprint density at radius 3 is 2.25 bits per heavy atom. The van der Waals surface area contributed by atoms with Crippen molar-refractivity contribution in [3.63, 3.8) is 0 Å². The first-order valence-electron chi connectivity index (χ1n) is 8.66. The van der Waals surface area contributed by atoms with Crippen LogP contribution < -0.4 is 10.6 Å². The highest BCUT2D eigenvalue weighted by Gasteiger charge is 2.54. The summed E-state index contributed by atoms with van der Waals surface area (Å²) < 4.78 is 0. The van der Waals surface area contributed by atoms with Crippen LogP contribution in [-0.2, 0) is 4.79 Å². The van der Waals surface area contributed by atoms with E-state index in [0.29, 0.717) is 17.9 Å². The molecule has 0 spiro atoms. The predicted octanol–water partition coefficient (Wildman–Crippen LogP) is 2.32. The van der Waals surface area contributed by atoms with Crippen molar-refractivity contribution in [2.75, 3.05) is 13.1 Å². The minimum absolute atomic E-state index is 0.0198. The zero-order valence-corrected chi connectivity index (χ0v) is 12.7. The molecule has 112 valence electrons. The van der Waals surface area contributed by atoms with E-state index in [9.17, 15) is 4.79 Å². The summed E-state index contributed by atoms with van der Waals surface area (Å²) >= 11 is 0. The van der Waals surface area contributed by atoms with E-state index in [2.05, 4.69) is 17.6 Å². The molecule has 20 heavy (non-hydrogen) atoms. The lowest BCUT2D eigenvalue weighted by molar-refractivity contribution is -0.147. The predicted molar refractivity (Wildman–Crippen MR) is 79.2 cm³/mol. The van der Waals surface area contributed by atoms with Crippen molar-refractivity contribution in [1.82, 2.24) is 10.6 Å². The van der Waals surface area contributed by atoms with Crippen LogP contribution in [-0.4, -0.2) is 25.0 Å². The third-order valence-electron chi connectivity index (χ3n) is 6.66. The van der Waals surface area contributed by atoms with Crippen LogP contribution in [0.1, 0.15) is 51.9 Å². The van der Waals surface area contributed by atoms with E-state index in [-0.39, 0.29) is 5.41 Å². The minimum Gasteiger partial charge on any atom is -0.351 e. The molecule has 1 amide bonds. The molecular formula is C17H28N2O. The van der Waals surface area contributed by atoms with Crippen molar-refractivity contribution in [2.24, 2.45) is 29.1 Å². The maximum atomic E-state index is 13.0. The van der Waals surface area contributed by atoms with Gasteiger partial charge in [0.2, 0.25) is 5.91 Å². The lowest BCUT2D eigenvalue weighted by Crippen LogP contribution is -2.58. The molecule has 5 rings (SSSR count). The number of nitrogens with one attached hydrogen (secondary N) is 2. The highest BCUT2D eigenvalue weighted by Crippen LogP contribution is 2.60. The normalized spacial score (nSPS) is 50.1. The van der Waals surface area contributed by atoms with Crippen LogP contribution in [0, 0.1) is 29.1 Å². The SMILES string of the molecule is CC1CCNCC1NC(=O)C12CC3CC(CC(C3)C1)C2. The first-order chi connectivity index (χ1) is 9.64. The second-order valence-corrected chi connectivity index (χ2v) is 8.25. The Morgan fingerprint density at radius 2 is 1.70 bits per heavy atom. The van der Waals surface area contributed by atoms with Crippen LogP contribution in [0.5, 0.6) is 0 Å². The number of hydrogen-bond donors (Lipinski definition) is 2. The monoisotopic (exact) mass is 276 g/mol. The van der Waals surface area contributed by atoms with Gasteiger partial charge in [0, 0.05) is 18.0 Å². The molecule has 5 aliphatic rings. The summed E-state index contributed by atoms with van der Waals surface area (Å²) in [5, 5.41) is 6.85. The van der Waals surface area contributed by atoms with E-state index in [0.717, 1.165) is 30.8 Å². The van der Waals surface area contributed by atoms with E-state index in [4.69, 9.17) is 0 Å². The van der Waals surface area contributed by atoms with Gasteiger partial charge in [0.25, 0.3) is 0 Å². The summed E-state index contributed by atoms with van der Waals surface area (Å²) in [5.74, 6) is 3.59. The summed E-state index contributed by atoms with van der Waals surface area (Å²) in [6.07, 6.45) is 8.96. The highest BCUT2D eigenvalue weighted by molar-refractivity contribution is 5.83. The summed E-state index contributed by atoms with van der Waals surface area (Å²) in [5.41, 5.74) is 0.0198. The number of rotatable bonds is 2. The number of carbonyl (C=O) groups excluding carboxylic acids is 1. The lowest BCUT2D eigenvalue weighted by Gasteiger charge is -2.56. The van der Waals surface area contributed by atoms with Gasteiger partial charge in [-0.05, 0) is 75.2 Å². The van der Waals surface area contributed by atoms with Crippen molar-refractivity contribution in [1.29, 1.82) is 0 Å². The quantitative estimate of drug-likeness (QED) is 0.812. The Labute approximate surface area is 122 Å². The fourth-order valence-electron chi connectivity index (χ4n) is 5.89. The Hall–Kier alpha value is -0.570. The smallest absolute Gasteiger partial charge is 0.226 e. The standard InChI is InChI=1S/C17H28N2O/c1-11-2-3-18-10-15(11)19-16(20)17-7-12-4-13(8-17)6-14(5-12)9-17/h11-15,18H,2-10H2,1H3,(H,19,20). The molecule has 4 aliphatic carbocycles. The molecule has 2 atom stereocenters. The maximum absolute atomic E-state index is 13.0. The Balaban J connectivity index is 1.48. The maximum Gasteiger partial charge on any atom is 0.226 e. The number of hydrogen-bond acceptors (Lipinski definition) is 2. The van der Waals surface area contributed by atoms with Crippen LogP contribution in [0.3, 0.4) is 0 Å². The van der Waals surface area contributed by atoms with Gasteiger partial charge in [-0.3, -0.25) is 4.79 Å². The molecule has 1 heterocycles. The Bertz CT molecular complexity index is 371. The number of amides is 1. The molecule has 2 unspecified atom stereocenters. The molecule has 1 aliphatic heterocycles. The average molecular weight is 276 g/mol. The van der Waals surface area contributed by atoms with E-state index >= 15 is 0 Å². The second-order valence-electron chi connectivity index (χ2n) is 8.25. The Kier molecular flexibility index (Phi) is 3.10. The van der Waals surface area contributed by atoms with E-state index < -0.39 is 0 Å².